The van der Waals surface area contributed by atoms with Crippen LogP contribution in [-0.2, 0) is 6.42 Å². The predicted octanol–water partition coefficient (Wildman–Crippen LogP) is 1.73. The summed E-state index contributed by atoms with van der Waals surface area (Å²) in [5.41, 5.74) is 3.06. The molecule has 2 aromatic heterocycles. The molecule has 0 bridgehead atoms. The van der Waals surface area contributed by atoms with E-state index in [0.717, 1.165) is 12.1 Å². The van der Waals surface area contributed by atoms with Gasteiger partial charge < -0.3 is 4.74 Å². The van der Waals surface area contributed by atoms with E-state index in [4.69, 9.17) is 10.00 Å². The van der Waals surface area contributed by atoms with Crippen LogP contribution in [0.4, 0.5) is 0 Å². The zero-order chi connectivity index (χ0) is 12.1. The van der Waals surface area contributed by atoms with E-state index in [1.54, 1.807) is 11.3 Å². The summed E-state index contributed by atoms with van der Waals surface area (Å²) >= 11 is 1.60. The fourth-order valence-electron chi connectivity index (χ4n) is 1.31. The highest BCUT2D eigenvalue weighted by Gasteiger charge is 2.06. The van der Waals surface area contributed by atoms with Gasteiger partial charge in [0.05, 0.1) is 17.8 Å². The lowest BCUT2D eigenvalue weighted by molar-refractivity contribution is 0.307. The lowest BCUT2D eigenvalue weighted by Gasteiger charge is -2.04. The van der Waals surface area contributed by atoms with Crippen LogP contribution < -0.4 is 4.74 Å². The standard InChI is InChI=1S/C11H10N4OS/c1-8-10(17-7-15-8)2-5-16-11-9(6-12)13-3-4-14-11/h3-4,7H,2,5H2,1H3. The largest absolute Gasteiger partial charge is 0.475 e. The molecule has 0 saturated heterocycles. The Morgan fingerprint density at radius 1 is 1.35 bits per heavy atom. The maximum atomic E-state index is 8.81. The zero-order valence-corrected chi connectivity index (χ0v) is 10.1. The first-order chi connectivity index (χ1) is 8.31. The first-order valence-corrected chi connectivity index (χ1v) is 5.92. The number of hydrogen-bond acceptors (Lipinski definition) is 6. The first kappa shape index (κ1) is 11.5. The molecule has 2 rings (SSSR count). The van der Waals surface area contributed by atoms with Crippen molar-refractivity contribution in [1.82, 2.24) is 15.0 Å². The minimum Gasteiger partial charge on any atom is -0.475 e. The van der Waals surface area contributed by atoms with E-state index in [-0.39, 0.29) is 11.6 Å². The Kier molecular flexibility index (Phi) is 3.62. The van der Waals surface area contributed by atoms with Crippen molar-refractivity contribution in [3.63, 3.8) is 0 Å². The molecule has 0 aliphatic carbocycles. The van der Waals surface area contributed by atoms with E-state index in [1.807, 2.05) is 18.5 Å². The van der Waals surface area contributed by atoms with Gasteiger partial charge in [-0.2, -0.15) is 5.26 Å². The van der Waals surface area contributed by atoms with Crippen LogP contribution in [0.25, 0.3) is 0 Å². The fourth-order valence-corrected chi connectivity index (χ4v) is 2.08. The van der Waals surface area contributed by atoms with E-state index >= 15 is 0 Å². The Hall–Kier alpha value is -2.00. The number of aromatic nitrogens is 3. The molecule has 0 spiro atoms. The van der Waals surface area contributed by atoms with E-state index in [1.165, 1.54) is 17.3 Å². The van der Waals surface area contributed by atoms with Crippen LogP contribution in [-0.4, -0.2) is 21.6 Å². The van der Waals surface area contributed by atoms with Crippen LogP contribution in [0.3, 0.4) is 0 Å². The van der Waals surface area contributed by atoms with Crippen LogP contribution in [0, 0.1) is 18.3 Å². The molecule has 0 N–H and O–H groups in total. The van der Waals surface area contributed by atoms with Crippen LogP contribution >= 0.6 is 11.3 Å². The summed E-state index contributed by atoms with van der Waals surface area (Å²) in [6.07, 6.45) is 3.74. The highest BCUT2D eigenvalue weighted by Crippen LogP contribution is 2.14. The second-order valence-corrected chi connectivity index (χ2v) is 4.22. The van der Waals surface area contributed by atoms with Crippen molar-refractivity contribution in [3.05, 3.63) is 34.2 Å². The normalized spacial score (nSPS) is 9.88. The molecule has 0 aliphatic heterocycles. The van der Waals surface area contributed by atoms with Gasteiger partial charge in [-0.15, -0.1) is 11.3 Å². The molecule has 0 atom stereocenters. The van der Waals surface area contributed by atoms with Gasteiger partial charge in [0, 0.05) is 23.7 Å². The number of nitrogens with zero attached hydrogens (tertiary/aromatic N) is 4. The van der Waals surface area contributed by atoms with E-state index < -0.39 is 0 Å². The minimum absolute atomic E-state index is 0.216. The lowest BCUT2D eigenvalue weighted by atomic mass is 10.3. The van der Waals surface area contributed by atoms with E-state index in [2.05, 4.69) is 15.0 Å². The summed E-state index contributed by atoms with van der Waals surface area (Å²) < 4.78 is 5.44. The number of thiazole rings is 1. The maximum Gasteiger partial charge on any atom is 0.251 e. The third kappa shape index (κ3) is 2.77. The van der Waals surface area contributed by atoms with Crippen molar-refractivity contribution >= 4 is 11.3 Å². The second-order valence-electron chi connectivity index (χ2n) is 3.28. The quantitative estimate of drug-likeness (QED) is 0.821. The van der Waals surface area contributed by atoms with Crippen molar-refractivity contribution in [1.29, 1.82) is 5.26 Å². The summed E-state index contributed by atoms with van der Waals surface area (Å²) in [7, 11) is 0. The molecule has 6 heteroatoms. The van der Waals surface area contributed by atoms with Gasteiger partial charge in [0.25, 0.3) is 5.88 Å². The molecule has 5 nitrogen and oxygen atoms in total. The summed E-state index contributed by atoms with van der Waals surface area (Å²) in [6, 6.07) is 1.94. The van der Waals surface area contributed by atoms with Gasteiger partial charge in [-0.1, -0.05) is 0 Å². The van der Waals surface area contributed by atoms with Gasteiger partial charge in [-0.05, 0) is 6.92 Å². The zero-order valence-electron chi connectivity index (χ0n) is 9.25. The monoisotopic (exact) mass is 246 g/mol. The van der Waals surface area contributed by atoms with Crippen LogP contribution in [0.5, 0.6) is 5.88 Å². The Balaban J connectivity index is 1.95. The number of aryl methyl sites for hydroxylation is 1. The number of hydrogen-bond donors (Lipinski definition) is 0. The predicted molar refractivity (Wildman–Crippen MR) is 62.8 cm³/mol. The third-order valence-electron chi connectivity index (χ3n) is 2.18. The third-order valence-corrected chi connectivity index (χ3v) is 3.18. The molecule has 17 heavy (non-hydrogen) atoms. The molecule has 86 valence electrons. The van der Waals surface area contributed by atoms with E-state index in [9.17, 15) is 0 Å². The van der Waals surface area contributed by atoms with Crippen molar-refractivity contribution in [3.8, 4) is 11.9 Å². The molecule has 0 aromatic carbocycles. The minimum atomic E-state index is 0.216. The highest BCUT2D eigenvalue weighted by molar-refractivity contribution is 7.09. The summed E-state index contributed by atoms with van der Waals surface area (Å²) in [4.78, 5) is 13.2. The molecule has 0 aliphatic rings. The average Bonchev–Trinajstić information content (AvgIpc) is 2.76. The molecule has 0 fully saturated rings. The SMILES string of the molecule is Cc1ncsc1CCOc1nccnc1C#N. The van der Waals surface area contributed by atoms with Gasteiger partial charge in [0.15, 0.2) is 0 Å². The van der Waals surface area contributed by atoms with Gasteiger partial charge in [0.1, 0.15) is 6.07 Å². The number of rotatable bonds is 4. The Bertz CT molecular complexity index is 546. The second kappa shape index (κ2) is 5.37. The van der Waals surface area contributed by atoms with Gasteiger partial charge in [-0.3, -0.25) is 0 Å². The number of ether oxygens (including phenoxy) is 1. The molecule has 0 radical (unpaired) electrons. The van der Waals surface area contributed by atoms with E-state index in [0.29, 0.717) is 6.61 Å². The molecule has 0 saturated carbocycles. The Morgan fingerprint density at radius 3 is 2.88 bits per heavy atom. The van der Waals surface area contributed by atoms with Crippen LogP contribution in [0.15, 0.2) is 17.9 Å². The van der Waals surface area contributed by atoms with Gasteiger partial charge in [0.2, 0.25) is 5.69 Å². The van der Waals surface area contributed by atoms with Crippen molar-refractivity contribution < 1.29 is 4.74 Å². The molecule has 0 amide bonds. The Labute approximate surface area is 103 Å². The molecule has 2 aromatic rings. The van der Waals surface area contributed by atoms with Crippen LogP contribution in [0.1, 0.15) is 16.3 Å². The molecule has 2 heterocycles. The summed E-state index contributed by atoms with van der Waals surface area (Å²) in [6.45, 7) is 2.44. The molecular weight excluding hydrogens is 236 g/mol. The first-order valence-electron chi connectivity index (χ1n) is 5.04. The van der Waals surface area contributed by atoms with Crippen LogP contribution in [0.2, 0.25) is 0 Å². The molecular formula is C11H10N4OS. The van der Waals surface area contributed by atoms with Crippen molar-refractivity contribution in [2.24, 2.45) is 0 Å². The molecule has 0 unspecified atom stereocenters. The smallest absolute Gasteiger partial charge is 0.251 e. The highest BCUT2D eigenvalue weighted by atomic mass is 32.1. The Morgan fingerprint density at radius 2 is 2.18 bits per heavy atom. The maximum absolute atomic E-state index is 8.81. The lowest BCUT2D eigenvalue weighted by Crippen LogP contribution is -2.04. The number of nitriles is 1. The summed E-state index contributed by atoms with van der Waals surface area (Å²) in [5, 5.41) is 8.81. The van der Waals surface area contributed by atoms with Gasteiger partial charge in [-0.25, -0.2) is 15.0 Å². The summed E-state index contributed by atoms with van der Waals surface area (Å²) in [5.74, 6) is 0.289. The van der Waals surface area contributed by atoms with Crippen molar-refractivity contribution in [2.45, 2.75) is 13.3 Å². The van der Waals surface area contributed by atoms with Crippen molar-refractivity contribution in [2.75, 3.05) is 6.61 Å². The topological polar surface area (TPSA) is 71.7 Å². The average molecular weight is 246 g/mol. The fraction of sp³-hybridized carbons (Fsp3) is 0.273. The van der Waals surface area contributed by atoms with Gasteiger partial charge >= 0.3 is 0 Å².